The lowest BCUT2D eigenvalue weighted by atomic mass is 10.3. The topological polar surface area (TPSA) is 52.1 Å². The van der Waals surface area contributed by atoms with Gasteiger partial charge in [0.25, 0.3) is 0 Å². The second-order valence-electron chi connectivity index (χ2n) is 4.60. The Kier molecular flexibility index (Phi) is 5.15. The molecule has 0 amide bonds. The zero-order valence-corrected chi connectivity index (χ0v) is 14.6. The van der Waals surface area contributed by atoms with Crippen molar-refractivity contribution in [2.24, 2.45) is 0 Å². The van der Waals surface area contributed by atoms with Gasteiger partial charge in [0.1, 0.15) is 0 Å². The molecule has 0 bridgehead atoms. The fraction of sp³-hybridized carbons (Fsp3) is 0.188. The Morgan fingerprint density at radius 1 is 1.39 bits per heavy atom. The number of hydrogen-bond acceptors (Lipinski definition) is 6. The van der Waals surface area contributed by atoms with Crippen molar-refractivity contribution in [2.75, 3.05) is 6.61 Å². The first-order valence-corrected chi connectivity index (χ1v) is 9.05. The standard InChI is InChI=1S/C16H13ClN2O2S2/c1-2-21-15(20)14(11-5-3-4-8-18-11)23-16-19-12-9-10(17)6-7-13(12)22-16/h3-9,14H,2H2,1H3. The van der Waals surface area contributed by atoms with E-state index in [-0.39, 0.29) is 5.97 Å². The van der Waals surface area contributed by atoms with Gasteiger partial charge in [-0.25, -0.2) is 4.98 Å². The second kappa shape index (κ2) is 7.29. The minimum Gasteiger partial charge on any atom is -0.465 e. The van der Waals surface area contributed by atoms with Crippen molar-refractivity contribution in [3.05, 3.63) is 53.3 Å². The van der Waals surface area contributed by atoms with Gasteiger partial charge in [-0.15, -0.1) is 11.3 Å². The summed E-state index contributed by atoms with van der Waals surface area (Å²) in [4.78, 5) is 21.1. The van der Waals surface area contributed by atoms with Crippen molar-refractivity contribution in [3.63, 3.8) is 0 Å². The van der Waals surface area contributed by atoms with Crippen molar-refractivity contribution in [3.8, 4) is 0 Å². The van der Waals surface area contributed by atoms with E-state index in [0.717, 1.165) is 14.6 Å². The highest BCUT2D eigenvalue weighted by Gasteiger charge is 2.26. The normalized spacial score (nSPS) is 12.3. The van der Waals surface area contributed by atoms with Crippen molar-refractivity contribution in [1.82, 2.24) is 9.97 Å². The van der Waals surface area contributed by atoms with Crippen molar-refractivity contribution in [1.29, 1.82) is 0 Å². The molecule has 118 valence electrons. The third kappa shape index (κ3) is 3.83. The van der Waals surface area contributed by atoms with Crippen molar-refractivity contribution in [2.45, 2.75) is 16.5 Å². The first kappa shape index (κ1) is 16.2. The number of carbonyl (C=O) groups excluding carboxylic acids is 1. The molecule has 3 aromatic rings. The predicted octanol–water partition coefficient (Wildman–Crippen LogP) is 4.74. The molecule has 1 atom stereocenters. The highest BCUT2D eigenvalue weighted by molar-refractivity contribution is 8.02. The van der Waals surface area contributed by atoms with Crippen LogP contribution in [-0.2, 0) is 9.53 Å². The van der Waals surface area contributed by atoms with Crippen LogP contribution in [0.25, 0.3) is 10.2 Å². The van der Waals surface area contributed by atoms with Crippen LogP contribution in [0.4, 0.5) is 0 Å². The third-order valence-corrected chi connectivity index (χ3v) is 5.57. The van der Waals surface area contributed by atoms with Crippen LogP contribution in [-0.4, -0.2) is 22.5 Å². The molecule has 0 spiro atoms. The Morgan fingerprint density at radius 2 is 2.26 bits per heavy atom. The SMILES string of the molecule is CCOC(=O)C(Sc1nc2cc(Cl)ccc2s1)c1ccccn1. The van der Waals surface area contributed by atoms with E-state index >= 15 is 0 Å². The Labute approximate surface area is 146 Å². The zero-order chi connectivity index (χ0) is 16.2. The van der Waals surface area contributed by atoms with Crippen LogP contribution < -0.4 is 0 Å². The number of benzene rings is 1. The van der Waals surface area contributed by atoms with Gasteiger partial charge in [0.15, 0.2) is 9.59 Å². The van der Waals surface area contributed by atoms with Gasteiger partial charge in [0.2, 0.25) is 0 Å². The molecule has 4 nitrogen and oxygen atoms in total. The fourth-order valence-electron chi connectivity index (χ4n) is 2.01. The molecular formula is C16H13ClN2O2S2. The van der Waals surface area contributed by atoms with E-state index in [1.54, 1.807) is 13.1 Å². The number of hydrogen-bond donors (Lipinski definition) is 0. The Bertz CT molecular complexity index is 823. The summed E-state index contributed by atoms with van der Waals surface area (Å²) in [6.07, 6.45) is 1.67. The molecule has 7 heteroatoms. The Morgan fingerprint density at radius 3 is 3.00 bits per heavy atom. The molecule has 1 aromatic carbocycles. The predicted molar refractivity (Wildman–Crippen MR) is 94.1 cm³/mol. The number of halogens is 1. The number of thiazole rings is 1. The summed E-state index contributed by atoms with van der Waals surface area (Å²) in [6.45, 7) is 2.12. The van der Waals surface area contributed by atoms with E-state index in [0.29, 0.717) is 17.3 Å². The van der Waals surface area contributed by atoms with E-state index in [9.17, 15) is 4.79 Å². The summed E-state index contributed by atoms with van der Waals surface area (Å²) in [5.41, 5.74) is 1.49. The Balaban J connectivity index is 1.91. The molecule has 1 unspecified atom stereocenters. The molecule has 0 saturated heterocycles. The molecule has 0 aliphatic rings. The van der Waals surface area contributed by atoms with Crippen molar-refractivity contribution >= 4 is 50.9 Å². The van der Waals surface area contributed by atoms with Gasteiger partial charge in [-0.1, -0.05) is 29.4 Å². The van der Waals surface area contributed by atoms with E-state index < -0.39 is 5.25 Å². The lowest BCUT2D eigenvalue weighted by Gasteiger charge is -2.12. The molecule has 2 aromatic heterocycles. The molecule has 0 aliphatic heterocycles. The van der Waals surface area contributed by atoms with Crippen LogP contribution in [0.5, 0.6) is 0 Å². The maximum Gasteiger partial charge on any atom is 0.325 e. The van der Waals surface area contributed by atoms with Crippen LogP contribution in [0.1, 0.15) is 17.9 Å². The molecule has 0 N–H and O–H groups in total. The molecule has 0 fully saturated rings. The number of rotatable bonds is 5. The smallest absolute Gasteiger partial charge is 0.325 e. The van der Waals surface area contributed by atoms with E-state index in [1.807, 2.05) is 36.4 Å². The van der Waals surface area contributed by atoms with E-state index in [2.05, 4.69) is 9.97 Å². The fourth-order valence-corrected chi connectivity index (χ4v) is 4.38. The number of nitrogens with zero attached hydrogens (tertiary/aromatic N) is 2. The van der Waals surface area contributed by atoms with Gasteiger partial charge in [-0.3, -0.25) is 9.78 Å². The monoisotopic (exact) mass is 364 g/mol. The molecule has 0 radical (unpaired) electrons. The summed E-state index contributed by atoms with van der Waals surface area (Å²) >= 11 is 8.87. The van der Waals surface area contributed by atoms with Crippen LogP contribution in [0.2, 0.25) is 5.02 Å². The maximum atomic E-state index is 12.3. The van der Waals surface area contributed by atoms with Gasteiger partial charge in [-0.05, 0) is 37.3 Å². The molecule has 0 saturated carbocycles. The summed E-state index contributed by atoms with van der Waals surface area (Å²) in [5.74, 6) is -0.312. The minimum absolute atomic E-state index is 0.312. The van der Waals surface area contributed by atoms with Crippen molar-refractivity contribution < 1.29 is 9.53 Å². The lowest BCUT2D eigenvalue weighted by molar-refractivity contribution is -0.142. The Hall–Kier alpha value is -1.63. The largest absolute Gasteiger partial charge is 0.465 e. The van der Waals surface area contributed by atoms with E-state index in [4.69, 9.17) is 16.3 Å². The van der Waals surface area contributed by atoms with Gasteiger partial charge in [-0.2, -0.15) is 0 Å². The molecule has 2 heterocycles. The number of pyridine rings is 1. The average Bonchev–Trinajstić information content (AvgIpc) is 2.95. The number of ether oxygens (including phenoxy) is 1. The highest BCUT2D eigenvalue weighted by Crippen LogP contribution is 2.39. The third-order valence-electron chi connectivity index (χ3n) is 3.01. The molecule has 3 rings (SSSR count). The molecule has 23 heavy (non-hydrogen) atoms. The minimum atomic E-state index is -0.535. The van der Waals surface area contributed by atoms with Gasteiger partial charge >= 0.3 is 5.97 Å². The number of thioether (sulfide) groups is 1. The average molecular weight is 365 g/mol. The van der Waals surface area contributed by atoms with E-state index in [1.165, 1.54) is 23.1 Å². The quantitative estimate of drug-likeness (QED) is 0.483. The second-order valence-corrected chi connectivity index (χ2v) is 7.42. The summed E-state index contributed by atoms with van der Waals surface area (Å²) < 4.78 is 6.99. The zero-order valence-electron chi connectivity index (χ0n) is 12.2. The van der Waals surface area contributed by atoms with Crippen LogP contribution >= 0.6 is 34.7 Å². The number of aromatic nitrogens is 2. The first-order chi connectivity index (χ1) is 11.2. The molecular weight excluding hydrogens is 352 g/mol. The maximum absolute atomic E-state index is 12.3. The molecule has 0 aliphatic carbocycles. The number of esters is 1. The van der Waals surface area contributed by atoms with Crippen LogP contribution in [0.3, 0.4) is 0 Å². The van der Waals surface area contributed by atoms with Gasteiger partial charge in [0, 0.05) is 11.2 Å². The first-order valence-electron chi connectivity index (χ1n) is 6.97. The van der Waals surface area contributed by atoms with Crippen LogP contribution in [0, 0.1) is 0 Å². The number of fused-ring (bicyclic) bond motifs is 1. The summed E-state index contributed by atoms with van der Waals surface area (Å²) in [5, 5.41) is 0.109. The lowest BCUT2D eigenvalue weighted by Crippen LogP contribution is -2.14. The van der Waals surface area contributed by atoms with Crippen LogP contribution in [0.15, 0.2) is 46.9 Å². The number of carbonyl (C=O) groups is 1. The summed E-state index contributed by atoms with van der Waals surface area (Å²) in [7, 11) is 0. The van der Waals surface area contributed by atoms with Gasteiger partial charge < -0.3 is 4.74 Å². The highest BCUT2D eigenvalue weighted by atomic mass is 35.5. The van der Waals surface area contributed by atoms with Gasteiger partial charge in [0.05, 0.1) is 22.5 Å². The summed E-state index contributed by atoms with van der Waals surface area (Å²) in [6, 6.07) is 11.1.